The number of allylic oxidation sites excluding steroid dienone is 12. The number of phosphoric acid groups is 1. The van der Waals surface area contributed by atoms with Crippen molar-refractivity contribution < 1.29 is 37.6 Å². The molecular formula is C43H74NO8P. The van der Waals surface area contributed by atoms with Crippen LogP contribution in [-0.2, 0) is 32.7 Å². The van der Waals surface area contributed by atoms with Crippen molar-refractivity contribution >= 4 is 19.8 Å². The third kappa shape index (κ3) is 39.0. The Bertz CT molecular complexity index is 1100. The summed E-state index contributed by atoms with van der Waals surface area (Å²) in [7, 11) is -4.38. The number of nitrogens with two attached hydrogens (primary N) is 1. The number of esters is 2. The summed E-state index contributed by atoms with van der Waals surface area (Å²) in [5.41, 5.74) is 5.34. The fraction of sp³-hybridized carbons (Fsp3) is 0.674. The van der Waals surface area contributed by atoms with E-state index in [2.05, 4.69) is 68.5 Å². The minimum absolute atomic E-state index is 0.0452. The number of phosphoric ester groups is 1. The van der Waals surface area contributed by atoms with E-state index < -0.39 is 32.5 Å². The third-order valence-corrected chi connectivity index (χ3v) is 9.13. The molecule has 0 aromatic heterocycles. The number of ether oxygens (including phenoxy) is 2. The molecule has 2 unspecified atom stereocenters. The topological polar surface area (TPSA) is 134 Å². The lowest BCUT2D eigenvalue weighted by Crippen LogP contribution is -2.29. The van der Waals surface area contributed by atoms with Gasteiger partial charge in [-0.1, -0.05) is 151 Å². The van der Waals surface area contributed by atoms with E-state index >= 15 is 0 Å². The lowest BCUT2D eigenvalue weighted by Gasteiger charge is -2.19. The number of unbranched alkanes of at least 4 members (excludes halogenated alkanes) is 14. The molecule has 0 aromatic rings. The van der Waals surface area contributed by atoms with Crippen molar-refractivity contribution in [3.8, 4) is 0 Å². The van der Waals surface area contributed by atoms with Crippen molar-refractivity contribution in [3.63, 3.8) is 0 Å². The highest BCUT2D eigenvalue weighted by Gasteiger charge is 2.25. The quantitative estimate of drug-likeness (QED) is 0.0208. The van der Waals surface area contributed by atoms with E-state index in [0.29, 0.717) is 6.42 Å². The molecule has 10 heteroatoms. The van der Waals surface area contributed by atoms with Crippen LogP contribution in [0.5, 0.6) is 0 Å². The van der Waals surface area contributed by atoms with E-state index in [9.17, 15) is 19.0 Å². The van der Waals surface area contributed by atoms with Crippen LogP contribution in [0.25, 0.3) is 0 Å². The molecule has 0 rings (SSSR count). The molecule has 9 nitrogen and oxygen atoms in total. The van der Waals surface area contributed by atoms with Crippen molar-refractivity contribution in [1.29, 1.82) is 0 Å². The maximum Gasteiger partial charge on any atom is 0.472 e. The zero-order valence-corrected chi connectivity index (χ0v) is 34.1. The fourth-order valence-electron chi connectivity index (χ4n) is 5.18. The molecule has 0 spiro atoms. The minimum atomic E-state index is -4.38. The van der Waals surface area contributed by atoms with Gasteiger partial charge in [-0.15, -0.1) is 0 Å². The predicted octanol–water partition coefficient (Wildman–Crippen LogP) is 11.5. The van der Waals surface area contributed by atoms with Crippen LogP contribution in [0, 0.1) is 0 Å². The fourth-order valence-corrected chi connectivity index (χ4v) is 5.94. The molecule has 3 N–H and O–H groups in total. The van der Waals surface area contributed by atoms with Crippen molar-refractivity contribution in [2.24, 2.45) is 5.73 Å². The summed E-state index contributed by atoms with van der Waals surface area (Å²) in [5, 5.41) is 0. The summed E-state index contributed by atoms with van der Waals surface area (Å²) >= 11 is 0. The summed E-state index contributed by atoms with van der Waals surface area (Å²) in [5.74, 6) is -0.866. The molecule has 53 heavy (non-hydrogen) atoms. The predicted molar refractivity (Wildman–Crippen MR) is 219 cm³/mol. The Hall–Kier alpha value is -2.55. The van der Waals surface area contributed by atoms with Gasteiger partial charge in [0, 0.05) is 19.4 Å². The maximum atomic E-state index is 12.5. The maximum absolute atomic E-state index is 12.5. The van der Waals surface area contributed by atoms with Gasteiger partial charge in [0.05, 0.1) is 13.2 Å². The first kappa shape index (κ1) is 50.5. The summed E-state index contributed by atoms with van der Waals surface area (Å²) < 4.78 is 32.7. The van der Waals surface area contributed by atoms with Gasteiger partial charge >= 0.3 is 19.8 Å². The van der Waals surface area contributed by atoms with Crippen LogP contribution in [0.2, 0.25) is 0 Å². The largest absolute Gasteiger partial charge is 0.472 e. The SMILES string of the molecule is CC/C=C/C=C/C=C/CCCCCCCC(=O)OC(COC(=O)CCCCCCCCCCC/C=C/C/C=C/C/C=C/CC)COP(=O)(O)OCCN. The van der Waals surface area contributed by atoms with Gasteiger partial charge in [0.15, 0.2) is 6.10 Å². The van der Waals surface area contributed by atoms with E-state index in [0.717, 1.165) is 89.9 Å². The highest BCUT2D eigenvalue weighted by molar-refractivity contribution is 7.47. The van der Waals surface area contributed by atoms with Gasteiger partial charge in [0.25, 0.3) is 0 Å². The van der Waals surface area contributed by atoms with E-state index in [1.807, 2.05) is 18.2 Å². The highest BCUT2D eigenvalue weighted by atomic mass is 31.2. The standard InChI is InChI=1S/C43H74NO8P/c1-3-5-7-9-11-13-15-17-18-19-20-21-22-24-25-27-29-31-33-35-42(45)49-39-41(40-51-53(47,48)50-38-37-44)52-43(46)36-34-32-30-28-26-23-16-14-12-10-8-6-4-2/h5-8,10-14,16-18,41H,3-4,9,15,19-40,44H2,1-2H3,(H,47,48)/b7-5+,8-6+,12-10+,13-11+,16-14+,18-17+. The van der Waals surface area contributed by atoms with Crippen molar-refractivity contribution in [3.05, 3.63) is 72.9 Å². The van der Waals surface area contributed by atoms with E-state index in [4.69, 9.17) is 24.3 Å². The highest BCUT2D eigenvalue weighted by Crippen LogP contribution is 2.43. The molecule has 0 heterocycles. The summed E-state index contributed by atoms with van der Waals surface area (Å²) in [6, 6.07) is 0. The van der Waals surface area contributed by atoms with Gasteiger partial charge in [-0.05, 0) is 64.2 Å². The molecule has 0 radical (unpaired) electrons. The number of rotatable bonds is 37. The van der Waals surface area contributed by atoms with Gasteiger partial charge in [-0.3, -0.25) is 18.6 Å². The molecule has 304 valence electrons. The second-order valence-corrected chi connectivity index (χ2v) is 14.6. The smallest absolute Gasteiger partial charge is 0.462 e. The Labute approximate surface area is 322 Å². The van der Waals surface area contributed by atoms with Crippen LogP contribution in [0.3, 0.4) is 0 Å². The van der Waals surface area contributed by atoms with Crippen LogP contribution >= 0.6 is 7.82 Å². The van der Waals surface area contributed by atoms with Crippen LogP contribution in [-0.4, -0.2) is 49.3 Å². The Kier molecular flexibility index (Phi) is 37.3. The second kappa shape index (κ2) is 39.2. The molecule has 2 atom stereocenters. The average Bonchev–Trinajstić information content (AvgIpc) is 3.14. The summed E-state index contributed by atoms with van der Waals surface area (Å²) in [6.07, 6.45) is 46.5. The van der Waals surface area contributed by atoms with Crippen molar-refractivity contribution in [2.45, 2.75) is 161 Å². The Morgan fingerprint density at radius 2 is 1.08 bits per heavy atom. The molecular weight excluding hydrogens is 689 g/mol. The van der Waals surface area contributed by atoms with Gasteiger partial charge < -0.3 is 20.1 Å². The third-order valence-electron chi connectivity index (χ3n) is 8.15. The lowest BCUT2D eigenvalue weighted by molar-refractivity contribution is -0.161. The molecule has 0 aliphatic carbocycles. The van der Waals surface area contributed by atoms with Crippen LogP contribution in [0.1, 0.15) is 155 Å². The van der Waals surface area contributed by atoms with Gasteiger partial charge in [0.2, 0.25) is 0 Å². The first-order chi connectivity index (χ1) is 25.8. The molecule has 0 saturated heterocycles. The molecule has 0 saturated carbocycles. The zero-order valence-electron chi connectivity index (χ0n) is 33.2. The summed E-state index contributed by atoms with van der Waals surface area (Å²) in [4.78, 5) is 34.8. The molecule has 0 aliphatic rings. The molecule has 0 aromatic carbocycles. The number of carbonyl (C=O) groups excluding carboxylic acids is 2. The van der Waals surface area contributed by atoms with Crippen LogP contribution < -0.4 is 5.73 Å². The first-order valence-corrected chi connectivity index (χ1v) is 21.9. The Morgan fingerprint density at radius 1 is 0.585 bits per heavy atom. The van der Waals surface area contributed by atoms with Gasteiger partial charge in [-0.25, -0.2) is 4.57 Å². The van der Waals surface area contributed by atoms with Gasteiger partial charge in [-0.2, -0.15) is 0 Å². The molecule has 0 fully saturated rings. The molecule has 0 amide bonds. The Morgan fingerprint density at radius 3 is 1.66 bits per heavy atom. The zero-order chi connectivity index (χ0) is 38.9. The second-order valence-electron chi connectivity index (χ2n) is 13.2. The number of hydrogen-bond acceptors (Lipinski definition) is 8. The summed E-state index contributed by atoms with van der Waals surface area (Å²) in [6.45, 7) is 3.44. The van der Waals surface area contributed by atoms with Crippen molar-refractivity contribution in [2.75, 3.05) is 26.4 Å². The van der Waals surface area contributed by atoms with Gasteiger partial charge in [0.1, 0.15) is 6.61 Å². The van der Waals surface area contributed by atoms with Crippen LogP contribution in [0.4, 0.5) is 0 Å². The first-order valence-electron chi connectivity index (χ1n) is 20.4. The van der Waals surface area contributed by atoms with Crippen LogP contribution in [0.15, 0.2) is 72.9 Å². The molecule has 0 bridgehead atoms. The van der Waals surface area contributed by atoms with Crippen molar-refractivity contribution in [1.82, 2.24) is 0 Å². The van der Waals surface area contributed by atoms with E-state index in [1.54, 1.807) is 0 Å². The average molecular weight is 764 g/mol. The minimum Gasteiger partial charge on any atom is -0.462 e. The normalized spacial score (nSPS) is 14.1. The number of hydrogen-bond donors (Lipinski definition) is 2. The van der Waals surface area contributed by atoms with E-state index in [-0.39, 0.29) is 32.6 Å². The monoisotopic (exact) mass is 764 g/mol. The lowest BCUT2D eigenvalue weighted by atomic mass is 10.1. The number of carbonyl (C=O) groups is 2. The Balaban J connectivity index is 4.19. The van der Waals surface area contributed by atoms with E-state index in [1.165, 1.54) is 32.1 Å². The molecule has 0 aliphatic heterocycles.